The molecule has 3 heterocycles. The second-order valence-electron chi connectivity index (χ2n) is 6.81. The molecule has 0 radical (unpaired) electrons. The molecule has 1 aliphatic carbocycles. The topological polar surface area (TPSA) is 61.0 Å². The van der Waals surface area contributed by atoms with E-state index in [1.54, 1.807) is 6.20 Å². The highest BCUT2D eigenvalue weighted by molar-refractivity contribution is 5.95. The third-order valence-electron chi connectivity index (χ3n) is 5.62. The number of rotatable bonds is 2. The molecule has 3 aliphatic rings. The second-order valence-corrected chi connectivity index (χ2v) is 6.81. The molecule has 1 amide bonds. The Morgan fingerprint density at radius 2 is 2.00 bits per heavy atom. The highest BCUT2D eigenvalue weighted by atomic mass is 35.5. The number of carbonyl (C=O) groups excluding carboxylic acids is 1. The molecule has 2 N–H and O–H groups in total. The van der Waals surface area contributed by atoms with Gasteiger partial charge in [0, 0.05) is 31.6 Å². The van der Waals surface area contributed by atoms with Gasteiger partial charge in [0.15, 0.2) is 0 Å². The first-order valence-electron chi connectivity index (χ1n) is 8.39. The number of aromatic amines is 1. The van der Waals surface area contributed by atoms with E-state index in [1.807, 2.05) is 0 Å². The summed E-state index contributed by atoms with van der Waals surface area (Å²) in [6.07, 6.45) is 9.15. The van der Waals surface area contributed by atoms with Crippen LogP contribution in [-0.2, 0) is 0 Å². The van der Waals surface area contributed by atoms with E-state index in [1.165, 1.54) is 32.1 Å². The molecule has 0 bridgehead atoms. The van der Waals surface area contributed by atoms with Gasteiger partial charge < -0.3 is 10.2 Å². The van der Waals surface area contributed by atoms with Crippen LogP contribution in [0.3, 0.4) is 0 Å². The quantitative estimate of drug-likeness (QED) is 0.877. The van der Waals surface area contributed by atoms with Crippen molar-refractivity contribution in [2.24, 2.45) is 5.92 Å². The lowest BCUT2D eigenvalue weighted by atomic mass is 9.85. The maximum atomic E-state index is 13.0. The van der Waals surface area contributed by atoms with Gasteiger partial charge in [-0.15, -0.1) is 12.4 Å². The highest BCUT2D eigenvalue weighted by Crippen LogP contribution is 2.35. The molecule has 1 aromatic rings. The fraction of sp³-hybridized carbons (Fsp3) is 0.750. The van der Waals surface area contributed by atoms with E-state index in [0.717, 1.165) is 37.3 Å². The number of amides is 1. The summed E-state index contributed by atoms with van der Waals surface area (Å²) in [7, 11) is 0. The first kappa shape index (κ1) is 15.8. The zero-order valence-corrected chi connectivity index (χ0v) is 13.7. The standard InChI is InChI=1S/C16H24N4O.ClH/c21-16(20-7-6-12-8-17-10-14(12)20)13-9-18-19-15(13)11-4-2-1-3-5-11;/h9,11-12,14,17H,1-8,10H2,(H,18,19);1H/t12-,14+;/m0./s1. The normalized spacial score (nSPS) is 28.5. The van der Waals surface area contributed by atoms with Gasteiger partial charge in [-0.25, -0.2) is 0 Å². The molecule has 5 nitrogen and oxygen atoms in total. The van der Waals surface area contributed by atoms with E-state index in [0.29, 0.717) is 17.9 Å². The molecule has 4 rings (SSSR count). The first-order chi connectivity index (χ1) is 10.3. The second kappa shape index (κ2) is 6.59. The van der Waals surface area contributed by atoms with Crippen LogP contribution in [0.1, 0.15) is 60.5 Å². The van der Waals surface area contributed by atoms with Gasteiger partial charge in [-0.3, -0.25) is 9.89 Å². The summed E-state index contributed by atoms with van der Waals surface area (Å²) in [5.74, 6) is 1.35. The summed E-state index contributed by atoms with van der Waals surface area (Å²) < 4.78 is 0. The number of H-pyrrole nitrogens is 1. The molecular weight excluding hydrogens is 300 g/mol. The molecule has 2 saturated heterocycles. The Balaban J connectivity index is 0.00000144. The number of halogens is 1. The molecular formula is C16H25ClN4O. The molecule has 22 heavy (non-hydrogen) atoms. The minimum atomic E-state index is 0. The van der Waals surface area contributed by atoms with E-state index in [9.17, 15) is 4.79 Å². The number of nitrogens with one attached hydrogen (secondary N) is 2. The molecule has 3 fully saturated rings. The van der Waals surface area contributed by atoms with Crippen LogP contribution in [0.15, 0.2) is 6.20 Å². The smallest absolute Gasteiger partial charge is 0.257 e. The van der Waals surface area contributed by atoms with Crippen molar-refractivity contribution in [3.63, 3.8) is 0 Å². The highest BCUT2D eigenvalue weighted by Gasteiger charge is 2.41. The van der Waals surface area contributed by atoms with Crippen LogP contribution >= 0.6 is 12.4 Å². The van der Waals surface area contributed by atoms with Crippen LogP contribution in [0.5, 0.6) is 0 Å². The number of carbonyl (C=O) groups is 1. The van der Waals surface area contributed by atoms with Gasteiger partial charge in [-0.1, -0.05) is 19.3 Å². The number of aromatic nitrogens is 2. The minimum Gasteiger partial charge on any atom is -0.334 e. The number of hydrogen-bond acceptors (Lipinski definition) is 3. The Labute approximate surface area is 137 Å². The van der Waals surface area contributed by atoms with Crippen molar-refractivity contribution >= 4 is 18.3 Å². The molecule has 1 saturated carbocycles. The Morgan fingerprint density at radius 1 is 1.18 bits per heavy atom. The van der Waals surface area contributed by atoms with Crippen LogP contribution in [0.4, 0.5) is 0 Å². The zero-order valence-electron chi connectivity index (χ0n) is 12.9. The third-order valence-corrected chi connectivity index (χ3v) is 5.62. The summed E-state index contributed by atoms with van der Waals surface area (Å²) in [6, 6.07) is 0.395. The maximum absolute atomic E-state index is 13.0. The Morgan fingerprint density at radius 3 is 2.82 bits per heavy atom. The van der Waals surface area contributed by atoms with Gasteiger partial charge in [0.05, 0.1) is 17.5 Å². The Hall–Kier alpha value is -1.07. The van der Waals surface area contributed by atoms with E-state index in [-0.39, 0.29) is 18.3 Å². The molecule has 122 valence electrons. The van der Waals surface area contributed by atoms with E-state index in [2.05, 4.69) is 20.4 Å². The fourth-order valence-corrected chi connectivity index (χ4v) is 4.43. The van der Waals surface area contributed by atoms with Crippen molar-refractivity contribution in [1.82, 2.24) is 20.4 Å². The third kappa shape index (κ3) is 2.65. The van der Waals surface area contributed by atoms with Gasteiger partial charge in [0.1, 0.15) is 0 Å². The van der Waals surface area contributed by atoms with Crippen LogP contribution in [0, 0.1) is 5.92 Å². The van der Waals surface area contributed by atoms with Crippen LogP contribution in [0.2, 0.25) is 0 Å². The molecule has 2 atom stereocenters. The monoisotopic (exact) mass is 324 g/mol. The van der Waals surface area contributed by atoms with Crippen molar-refractivity contribution < 1.29 is 4.79 Å². The predicted octanol–water partition coefficient (Wildman–Crippen LogP) is 2.31. The number of fused-ring (bicyclic) bond motifs is 1. The zero-order chi connectivity index (χ0) is 14.2. The van der Waals surface area contributed by atoms with Gasteiger partial charge in [-0.05, 0) is 25.2 Å². The van der Waals surface area contributed by atoms with Crippen LogP contribution in [-0.4, -0.2) is 46.7 Å². The molecule has 2 aliphatic heterocycles. The van der Waals surface area contributed by atoms with E-state index in [4.69, 9.17) is 0 Å². The number of hydrogen-bond donors (Lipinski definition) is 2. The lowest BCUT2D eigenvalue weighted by Gasteiger charge is -2.25. The van der Waals surface area contributed by atoms with Crippen molar-refractivity contribution in [3.8, 4) is 0 Å². The van der Waals surface area contributed by atoms with Crippen molar-refractivity contribution in [3.05, 3.63) is 17.5 Å². The summed E-state index contributed by atoms with van der Waals surface area (Å²) in [5.41, 5.74) is 1.92. The molecule has 0 unspecified atom stereocenters. The lowest BCUT2D eigenvalue weighted by Crippen LogP contribution is -2.39. The Kier molecular flexibility index (Phi) is 4.73. The lowest BCUT2D eigenvalue weighted by molar-refractivity contribution is 0.0735. The molecule has 0 aromatic carbocycles. The first-order valence-corrected chi connectivity index (χ1v) is 8.39. The average Bonchev–Trinajstić information content (AvgIpc) is 3.23. The minimum absolute atomic E-state index is 0. The van der Waals surface area contributed by atoms with Crippen molar-refractivity contribution in [2.75, 3.05) is 19.6 Å². The predicted molar refractivity (Wildman–Crippen MR) is 87.5 cm³/mol. The SMILES string of the molecule is Cl.O=C(c1cn[nH]c1C1CCCCC1)N1CC[C@H]2CNC[C@H]21. The van der Waals surface area contributed by atoms with E-state index >= 15 is 0 Å². The van der Waals surface area contributed by atoms with Gasteiger partial charge in [0.25, 0.3) is 5.91 Å². The van der Waals surface area contributed by atoms with Crippen molar-refractivity contribution in [1.29, 1.82) is 0 Å². The van der Waals surface area contributed by atoms with E-state index < -0.39 is 0 Å². The van der Waals surface area contributed by atoms with Gasteiger partial charge in [0.2, 0.25) is 0 Å². The largest absolute Gasteiger partial charge is 0.334 e. The summed E-state index contributed by atoms with van der Waals surface area (Å²) in [6.45, 7) is 2.92. The maximum Gasteiger partial charge on any atom is 0.257 e. The summed E-state index contributed by atoms with van der Waals surface area (Å²) >= 11 is 0. The van der Waals surface area contributed by atoms with Gasteiger partial charge >= 0.3 is 0 Å². The summed E-state index contributed by atoms with van der Waals surface area (Å²) in [4.78, 5) is 15.0. The molecule has 0 spiro atoms. The Bertz CT molecular complexity index is 526. The van der Waals surface area contributed by atoms with Crippen molar-refractivity contribution in [2.45, 2.75) is 50.5 Å². The van der Waals surface area contributed by atoms with Crippen LogP contribution in [0.25, 0.3) is 0 Å². The number of likely N-dealkylation sites (tertiary alicyclic amines) is 1. The summed E-state index contributed by atoms with van der Waals surface area (Å²) in [5, 5.41) is 10.7. The van der Waals surface area contributed by atoms with Crippen LogP contribution < -0.4 is 5.32 Å². The van der Waals surface area contributed by atoms with Gasteiger partial charge in [-0.2, -0.15) is 5.10 Å². The number of nitrogens with zero attached hydrogens (tertiary/aromatic N) is 2. The molecule has 6 heteroatoms. The fourth-order valence-electron chi connectivity index (χ4n) is 4.43. The molecule has 1 aromatic heterocycles. The average molecular weight is 325 g/mol.